The summed E-state index contributed by atoms with van der Waals surface area (Å²) >= 11 is 0. The molecule has 2 N–H and O–H groups in total. The van der Waals surface area contributed by atoms with Gasteiger partial charge in [-0.15, -0.1) is 0 Å². The van der Waals surface area contributed by atoms with Gasteiger partial charge in [0.05, 0.1) is 23.7 Å². The summed E-state index contributed by atoms with van der Waals surface area (Å²) < 4.78 is 40.2. The fraction of sp³-hybridized carbons (Fsp3) is 0.286. The molecule has 2 aromatic rings. The molecule has 1 aromatic carbocycles. The lowest BCUT2D eigenvalue weighted by Crippen LogP contribution is -2.36. The Kier molecular flexibility index (Phi) is 3.96. The Bertz CT molecular complexity index is 787. The molecule has 10 heteroatoms. The number of nitrogens with one attached hydrogen (secondary N) is 2. The van der Waals surface area contributed by atoms with Crippen molar-refractivity contribution in [1.82, 2.24) is 14.8 Å². The molecular weight excluding hydrogens is 327 g/mol. The maximum atomic E-state index is 12.9. The number of halogens is 3. The van der Waals surface area contributed by atoms with Crippen LogP contribution in [-0.4, -0.2) is 26.6 Å². The number of benzene rings is 1. The number of alkyl halides is 3. The van der Waals surface area contributed by atoms with E-state index >= 15 is 0 Å². The van der Waals surface area contributed by atoms with E-state index in [0.717, 1.165) is 12.1 Å². The van der Waals surface area contributed by atoms with Crippen LogP contribution in [0.15, 0.2) is 30.6 Å². The zero-order chi connectivity index (χ0) is 17.3. The van der Waals surface area contributed by atoms with Crippen LogP contribution in [0.5, 0.6) is 0 Å². The van der Waals surface area contributed by atoms with Gasteiger partial charge in [0, 0.05) is 6.42 Å². The second kappa shape index (κ2) is 5.95. The third-order valence-electron chi connectivity index (χ3n) is 3.55. The minimum absolute atomic E-state index is 0.134. The van der Waals surface area contributed by atoms with Crippen molar-refractivity contribution >= 4 is 23.5 Å². The fourth-order valence-corrected chi connectivity index (χ4v) is 2.42. The first kappa shape index (κ1) is 16.0. The zero-order valence-electron chi connectivity index (χ0n) is 12.2. The molecule has 0 aliphatic carbocycles. The van der Waals surface area contributed by atoms with Gasteiger partial charge in [0.15, 0.2) is 0 Å². The quantitative estimate of drug-likeness (QED) is 0.894. The van der Waals surface area contributed by atoms with E-state index in [1.54, 1.807) is 0 Å². The number of amides is 2. The van der Waals surface area contributed by atoms with Gasteiger partial charge in [-0.3, -0.25) is 14.9 Å². The first-order valence-electron chi connectivity index (χ1n) is 6.99. The van der Waals surface area contributed by atoms with Gasteiger partial charge in [-0.05, 0) is 12.1 Å². The number of fused-ring (bicyclic) bond motifs is 1. The number of carbonyl (C=O) groups excluding carboxylic acids is 2. The Morgan fingerprint density at radius 2 is 2.12 bits per heavy atom. The molecule has 2 amide bonds. The largest absolute Gasteiger partial charge is 0.418 e. The van der Waals surface area contributed by atoms with Gasteiger partial charge in [0.2, 0.25) is 17.8 Å². The van der Waals surface area contributed by atoms with Gasteiger partial charge in [-0.2, -0.15) is 23.3 Å². The maximum absolute atomic E-state index is 12.9. The summed E-state index contributed by atoms with van der Waals surface area (Å²) in [6.07, 6.45) is -3.59. The van der Waals surface area contributed by atoms with E-state index in [0.29, 0.717) is 0 Å². The first-order valence-corrected chi connectivity index (χ1v) is 6.99. The lowest BCUT2D eigenvalue weighted by molar-refractivity contribution is -0.137. The molecule has 1 aliphatic rings. The molecule has 24 heavy (non-hydrogen) atoms. The van der Waals surface area contributed by atoms with E-state index in [1.165, 1.54) is 23.1 Å². The Balaban J connectivity index is 1.70. The van der Waals surface area contributed by atoms with Crippen molar-refractivity contribution in [3.05, 3.63) is 36.2 Å². The topological polar surface area (TPSA) is 88.9 Å². The Morgan fingerprint density at radius 3 is 2.88 bits per heavy atom. The van der Waals surface area contributed by atoms with Crippen molar-refractivity contribution in [3.63, 3.8) is 0 Å². The molecule has 0 spiro atoms. The average molecular weight is 339 g/mol. The molecule has 0 unspecified atom stereocenters. The van der Waals surface area contributed by atoms with Gasteiger partial charge in [0.25, 0.3) is 0 Å². The van der Waals surface area contributed by atoms with Gasteiger partial charge >= 0.3 is 6.18 Å². The molecule has 0 radical (unpaired) electrons. The summed E-state index contributed by atoms with van der Waals surface area (Å²) in [5, 5.41) is 8.59. The third-order valence-corrected chi connectivity index (χ3v) is 3.55. The molecule has 126 valence electrons. The summed E-state index contributed by atoms with van der Waals surface area (Å²) in [7, 11) is 0. The summed E-state index contributed by atoms with van der Waals surface area (Å²) in [6, 6.07) is 4.67. The van der Waals surface area contributed by atoms with Crippen LogP contribution in [0.4, 0.5) is 24.8 Å². The lowest BCUT2D eigenvalue weighted by Gasteiger charge is -2.22. The number of nitrogens with zero attached hydrogens (tertiary/aromatic N) is 3. The number of para-hydroxylation sites is 1. The summed E-state index contributed by atoms with van der Waals surface area (Å²) in [5.41, 5.74) is -1.28. The summed E-state index contributed by atoms with van der Waals surface area (Å²) in [6.45, 7) is 0.134. The Labute approximate surface area is 133 Å². The maximum Gasteiger partial charge on any atom is 0.418 e. The normalized spacial score (nSPS) is 17.1. The van der Waals surface area contributed by atoms with Crippen LogP contribution in [0.1, 0.15) is 12.0 Å². The molecule has 0 fully saturated rings. The van der Waals surface area contributed by atoms with Crippen LogP contribution >= 0.6 is 0 Å². The van der Waals surface area contributed by atoms with Crippen molar-refractivity contribution in [1.29, 1.82) is 0 Å². The van der Waals surface area contributed by atoms with Crippen LogP contribution in [0.2, 0.25) is 0 Å². The number of aromatic nitrogens is 3. The van der Waals surface area contributed by atoms with E-state index in [-0.39, 0.29) is 24.6 Å². The highest BCUT2D eigenvalue weighted by atomic mass is 19.4. The molecular formula is C14H12F3N5O2. The van der Waals surface area contributed by atoms with Gasteiger partial charge < -0.3 is 5.32 Å². The number of hydrogen-bond acceptors (Lipinski definition) is 4. The molecule has 7 nitrogen and oxygen atoms in total. The van der Waals surface area contributed by atoms with E-state index in [9.17, 15) is 22.8 Å². The minimum Gasteiger partial charge on any atom is -0.325 e. The highest BCUT2D eigenvalue weighted by Gasteiger charge is 2.34. The molecule has 0 bridgehead atoms. The second-order valence-electron chi connectivity index (χ2n) is 5.25. The van der Waals surface area contributed by atoms with E-state index < -0.39 is 29.5 Å². The molecule has 0 saturated heterocycles. The fourth-order valence-electron chi connectivity index (χ4n) is 2.42. The second-order valence-corrected chi connectivity index (χ2v) is 5.25. The summed E-state index contributed by atoms with van der Waals surface area (Å²) in [5.74, 6) is -1.57. The molecule has 0 saturated carbocycles. The Morgan fingerprint density at radius 1 is 1.38 bits per heavy atom. The van der Waals surface area contributed by atoms with Crippen molar-refractivity contribution in [2.24, 2.45) is 5.92 Å². The van der Waals surface area contributed by atoms with Gasteiger partial charge in [0.1, 0.15) is 6.33 Å². The molecule has 3 rings (SSSR count). The van der Waals surface area contributed by atoms with Crippen molar-refractivity contribution in [2.75, 3.05) is 10.6 Å². The zero-order valence-corrected chi connectivity index (χ0v) is 12.2. The van der Waals surface area contributed by atoms with Crippen LogP contribution < -0.4 is 10.6 Å². The standard InChI is InChI=1S/C14H12F3N5O2/c15-14(16,17)9-3-1-2-4-10(9)20-11(23)5-8-6-22-13(18-7-19-22)21-12(8)24/h1-4,7-8H,5-6H2,(H,20,23)(H,18,19,21,24)/t8-/m1/s1. The first-order chi connectivity index (χ1) is 11.3. The van der Waals surface area contributed by atoms with Crippen LogP contribution in [0, 0.1) is 5.92 Å². The lowest BCUT2D eigenvalue weighted by atomic mass is 10.0. The number of carbonyl (C=O) groups is 2. The monoisotopic (exact) mass is 339 g/mol. The Hall–Kier alpha value is -2.91. The van der Waals surface area contributed by atoms with Crippen molar-refractivity contribution in [2.45, 2.75) is 19.1 Å². The van der Waals surface area contributed by atoms with Crippen molar-refractivity contribution in [3.8, 4) is 0 Å². The predicted molar refractivity (Wildman–Crippen MR) is 76.8 cm³/mol. The molecule has 1 aliphatic heterocycles. The van der Waals surface area contributed by atoms with Crippen molar-refractivity contribution < 1.29 is 22.8 Å². The number of hydrogen-bond donors (Lipinski definition) is 2. The molecule has 1 atom stereocenters. The third kappa shape index (κ3) is 3.21. The summed E-state index contributed by atoms with van der Waals surface area (Å²) in [4.78, 5) is 27.8. The van der Waals surface area contributed by atoms with Gasteiger partial charge in [-0.1, -0.05) is 12.1 Å². The minimum atomic E-state index is -4.58. The highest BCUT2D eigenvalue weighted by molar-refractivity contribution is 5.98. The average Bonchev–Trinajstić information content (AvgIpc) is 2.94. The van der Waals surface area contributed by atoms with E-state index in [4.69, 9.17) is 0 Å². The SMILES string of the molecule is O=C(C[C@@H]1Cn2ncnc2NC1=O)Nc1ccccc1C(F)(F)F. The number of anilines is 2. The predicted octanol–water partition coefficient (Wildman–Crippen LogP) is 1.89. The van der Waals surface area contributed by atoms with Crippen LogP contribution in [0.3, 0.4) is 0 Å². The smallest absolute Gasteiger partial charge is 0.325 e. The van der Waals surface area contributed by atoms with E-state index in [2.05, 4.69) is 20.7 Å². The highest BCUT2D eigenvalue weighted by Crippen LogP contribution is 2.34. The van der Waals surface area contributed by atoms with Gasteiger partial charge in [-0.25, -0.2) is 4.68 Å². The van der Waals surface area contributed by atoms with E-state index in [1.807, 2.05) is 0 Å². The van der Waals surface area contributed by atoms with Crippen LogP contribution in [-0.2, 0) is 22.3 Å². The van der Waals surface area contributed by atoms with Crippen LogP contribution in [0.25, 0.3) is 0 Å². The number of rotatable bonds is 3. The molecule has 2 heterocycles. The molecule has 1 aromatic heterocycles.